The lowest BCUT2D eigenvalue weighted by Gasteiger charge is -2.44. The summed E-state index contributed by atoms with van der Waals surface area (Å²) in [6.07, 6.45) is -4.78. The number of aromatic amines is 1. The molecule has 1 N–H and O–H groups in total. The fourth-order valence-electron chi connectivity index (χ4n) is 3.98. The lowest BCUT2D eigenvalue weighted by molar-refractivity contribution is -0.142. The molecule has 36 heavy (non-hydrogen) atoms. The molecule has 11 heteroatoms. The molecule has 1 aliphatic rings. The van der Waals surface area contributed by atoms with E-state index in [1.807, 2.05) is 6.07 Å². The fourth-order valence-corrected chi connectivity index (χ4v) is 3.98. The SMILES string of the molecule is CC(=O)OCc1nc(-c2cc(C(=O)N3CC(F)(c4ccc(C#N)cc4)C3)ccc2C)c(C(F)(F)F)[nH]1. The highest BCUT2D eigenvalue weighted by Gasteiger charge is 2.47. The van der Waals surface area contributed by atoms with Crippen LogP contribution in [0.4, 0.5) is 17.6 Å². The van der Waals surface area contributed by atoms with Crippen molar-refractivity contribution in [1.82, 2.24) is 14.9 Å². The van der Waals surface area contributed by atoms with Gasteiger partial charge in [-0.2, -0.15) is 18.4 Å². The van der Waals surface area contributed by atoms with Crippen molar-refractivity contribution in [2.24, 2.45) is 0 Å². The van der Waals surface area contributed by atoms with E-state index in [1.54, 1.807) is 6.92 Å². The van der Waals surface area contributed by atoms with Gasteiger partial charge in [0.15, 0.2) is 5.67 Å². The summed E-state index contributed by atoms with van der Waals surface area (Å²) in [6, 6.07) is 12.2. The summed E-state index contributed by atoms with van der Waals surface area (Å²) in [7, 11) is 0. The maximum Gasteiger partial charge on any atom is 0.433 e. The number of benzene rings is 2. The highest BCUT2D eigenvalue weighted by molar-refractivity contribution is 5.96. The van der Waals surface area contributed by atoms with E-state index < -0.39 is 41.7 Å². The Labute approximate surface area is 203 Å². The molecule has 0 atom stereocenters. The molecule has 1 aliphatic heterocycles. The Bertz CT molecular complexity index is 1370. The van der Waals surface area contributed by atoms with Gasteiger partial charge in [-0.3, -0.25) is 9.59 Å². The van der Waals surface area contributed by atoms with Gasteiger partial charge in [0.2, 0.25) is 0 Å². The van der Waals surface area contributed by atoms with Gasteiger partial charge in [-0.1, -0.05) is 18.2 Å². The first-order valence-electron chi connectivity index (χ1n) is 10.8. The second kappa shape index (κ2) is 9.11. The summed E-state index contributed by atoms with van der Waals surface area (Å²) >= 11 is 0. The van der Waals surface area contributed by atoms with E-state index in [0.717, 1.165) is 6.92 Å². The third-order valence-corrected chi connectivity index (χ3v) is 5.89. The standard InChI is InChI=1S/C25H20F4N4O3/c1-14-3-6-17(23(35)33-12-24(26,13-33)18-7-4-16(10-30)5-8-18)9-19(14)21-22(25(27,28)29)32-20(31-21)11-36-15(2)34/h3-9H,11-13H2,1-2H3,(H,31,32). The number of halogens is 4. The van der Waals surface area contributed by atoms with Crippen LogP contribution in [0, 0.1) is 18.3 Å². The smallest absolute Gasteiger partial charge is 0.433 e. The van der Waals surface area contributed by atoms with Crippen LogP contribution in [0.5, 0.6) is 0 Å². The van der Waals surface area contributed by atoms with Gasteiger partial charge in [-0.05, 0) is 42.3 Å². The number of likely N-dealkylation sites (tertiary alicyclic amines) is 1. The number of nitrogens with one attached hydrogen (secondary N) is 1. The molecule has 2 heterocycles. The molecule has 7 nitrogen and oxygen atoms in total. The molecule has 4 rings (SSSR count). The zero-order valence-corrected chi connectivity index (χ0v) is 19.2. The van der Waals surface area contributed by atoms with Crippen molar-refractivity contribution in [2.45, 2.75) is 32.3 Å². The third-order valence-electron chi connectivity index (χ3n) is 5.89. The molecule has 0 spiro atoms. The summed E-state index contributed by atoms with van der Waals surface area (Å²) < 4.78 is 61.1. The molecule has 0 saturated carbocycles. The Kier molecular flexibility index (Phi) is 6.30. The molecule has 1 fully saturated rings. The van der Waals surface area contributed by atoms with E-state index >= 15 is 4.39 Å². The Morgan fingerprint density at radius 3 is 2.44 bits per heavy atom. The van der Waals surface area contributed by atoms with Gasteiger partial charge in [-0.25, -0.2) is 9.37 Å². The average molecular weight is 500 g/mol. The van der Waals surface area contributed by atoms with E-state index in [1.165, 1.54) is 47.4 Å². The maximum atomic E-state index is 15.3. The van der Waals surface area contributed by atoms with Crippen molar-refractivity contribution in [3.63, 3.8) is 0 Å². The van der Waals surface area contributed by atoms with Crippen LogP contribution < -0.4 is 0 Å². The largest absolute Gasteiger partial charge is 0.458 e. The number of esters is 1. The third kappa shape index (κ3) is 4.79. The summed E-state index contributed by atoms with van der Waals surface area (Å²) in [5, 5.41) is 8.89. The first-order valence-corrected chi connectivity index (χ1v) is 10.8. The van der Waals surface area contributed by atoms with Crippen LogP contribution in [-0.2, 0) is 28.0 Å². The summed E-state index contributed by atoms with van der Waals surface area (Å²) in [5.41, 5.74) is -2.05. The number of carbonyl (C=O) groups excluding carboxylic acids is 2. The number of amides is 1. The topological polar surface area (TPSA) is 99.1 Å². The number of nitrogens with zero attached hydrogens (tertiary/aromatic N) is 3. The number of hydrogen-bond donors (Lipinski definition) is 1. The quantitative estimate of drug-likeness (QED) is 0.406. The Morgan fingerprint density at radius 1 is 1.19 bits per heavy atom. The molecule has 0 bridgehead atoms. The van der Waals surface area contributed by atoms with E-state index in [4.69, 9.17) is 10.00 Å². The zero-order valence-electron chi connectivity index (χ0n) is 19.2. The van der Waals surface area contributed by atoms with Gasteiger partial charge >= 0.3 is 12.1 Å². The minimum atomic E-state index is -4.78. The van der Waals surface area contributed by atoms with E-state index in [2.05, 4.69) is 9.97 Å². The number of rotatable bonds is 5. The number of carbonyl (C=O) groups is 2. The molecular formula is C25H20F4N4O3. The molecule has 186 valence electrons. The highest BCUT2D eigenvalue weighted by atomic mass is 19.4. The highest BCUT2D eigenvalue weighted by Crippen LogP contribution is 2.39. The lowest BCUT2D eigenvalue weighted by atomic mass is 9.87. The maximum absolute atomic E-state index is 15.3. The fraction of sp³-hybridized carbons (Fsp3) is 0.280. The molecule has 3 aromatic rings. The van der Waals surface area contributed by atoms with E-state index in [-0.39, 0.29) is 30.0 Å². The van der Waals surface area contributed by atoms with Crippen LogP contribution in [0.1, 0.15) is 45.5 Å². The second-order valence-electron chi connectivity index (χ2n) is 8.53. The normalized spacial score (nSPS) is 14.6. The number of aromatic nitrogens is 2. The Morgan fingerprint density at radius 2 is 1.86 bits per heavy atom. The number of hydrogen-bond acceptors (Lipinski definition) is 5. The molecule has 1 aromatic heterocycles. The van der Waals surface area contributed by atoms with Crippen molar-refractivity contribution in [1.29, 1.82) is 5.26 Å². The molecule has 0 aliphatic carbocycles. The summed E-state index contributed by atoms with van der Waals surface area (Å²) in [6.45, 7) is 1.76. The van der Waals surface area contributed by atoms with Gasteiger partial charge in [0, 0.05) is 18.1 Å². The first kappa shape index (κ1) is 24.9. The number of H-pyrrole nitrogens is 1. The zero-order chi connectivity index (χ0) is 26.3. The van der Waals surface area contributed by atoms with Gasteiger partial charge in [-0.15, -0.1) is 0 Å². The van der Waals surface area contributed by atoms with E-state index in [9.17, 15) is 22.8 Å². The monoisotopic (exact) mass is 500 g/mol. The molecule has 0 radical (unpaired) electrons. The summed E-state index contributed by atoms with van der Waals surface area (Å²) in [5.74, 6) is -1.41. The van der Waals surface area contributed by atoms with Crippen LogP contribution >= 0.6 is 0 Å². The van der Waals surface area contributed by atoms with Crippen LogP contribution in [0.3, 0.4) is 0 Å². The van der Waals surface area contributed by atoms with Crippen LogP contribution in [0.2, 0.25) is 0 Å². The molecule has 1 amide bonds. The number of imidazole rings is 1. The number of aryl methyl sites for hydroxylation is 1. The number of nitriles is 1. The van der Waals surface area contributed by atoms with Crippen molar-refractivity contribution in [2.75, 3.05) is 13.1 Å². The number of alkyl halides is 4. The minimum Gasteiger partial charge on any atom is -0.458 e. The lowest BCUT2D eigenvalue weighted by Crippen LogP contribution is -2.58. The van der Waals surface area contributed by atoms with Crippen molar-refractivity contribution in [3.05, 3.63) is 76.2 Å². The average Bonchev–Trinajstić information content (AvgIpc) is 3.25. The van der Waals surface area contributed by atoms with Gasteiger partial charge in [0.05, 0.1) is 24.7 Å². The second-order valence-corrected chi connectivity index (χ2v) is 8.53. The molecular weight excluding hydrogens is 480 g/mol. The number of ether oxygens (including phenoxy) is 1. The predicted octanol–water partition coefficient (Wildman–Crippen LogP) is 4.66. The van der Waals surface area contributed by atoms with Crippen molar-refractivity contribution in [3.8, 4) is 17.3 Å². The first-order chi connectivity index (χ1) is 16.9. The van der Waals surface area contributed by atoms with Gasteiger partial charge < -0.3 is 14.6 Å². The van der Waals surface area contributed by atoms with Crippen molar-refractivity contribution >= 4 is 11.9 Å². The summed E-state index contributed by atoms with van der Waals surface area (Å²) in [4.78, 5) is 31.4. The molecule has 0 unspecified atom stereocenters. The van der Waals surface area contributed by atoms with E-state index in [0.29, 0.717) is 16.7 Å². The minimum absolute atomic E-state index is 0.0672. The van der Waals surface area contributed by atoms with Crippen LogP contribution in [-0.4, -0.2) is 39.8 Å². The predicted molar refractivity (Wildman–Crippen MR) is 119 cm³/mol. The van der Waals surface area contributed by atoms with Crippen LogP contribution in [0.25, 0.3) is 11.3 Å². The van der Waals surface area contributed by atoms with Crippen LogP contribution in [0.15, 0.2) is 42.5 Å². The molecule has 1 saturated heterocycles. The van der Waals surface area contributed by atoms with Gasteiger partial charge in [0.1, 0.15) is 23.8 Å². The molecule has 2 aromatic carbocycles. The van der Waals surface area contributed by atoms with Crippen molar-refractivity contribution < 1.29 is 31.9 Å². The van der Waals surface area contributed by atoms with Gasteiger partial charge in [0.25, 0.3) is 5.91 Å². The Balaban J connectivity index is 1.59. The Hall–Kier alpha value is -4.20.